The average molecular weight is 271 g/mol. The number of aliphatic imine (C=N–C) groups is 1. The molecule has 1 aromatic heterocycles. The van der Waals surface area contributed by atoms with Crippen molar-refractivity contribution in [3.05, 3.63) is 42.7 Å². The molecular weight excluding hydrogens is 254 g/mol. The first-order valence-corrected chi connectivity index (χ1v) is 6.49. The Morgan fingerprint density at radius 2 is 2.10 bits per heavy atom. The van der Waals surface area contributed by atoms with E-state index in [4.69, 9.17) is 4.74 Å². The number of carbonyl (C=O) groups excluding carboxylic acids is 1. The zero-order valence-corrected chi connectivity index (χ0v) is 11.6. The SMILES string of the molecule is CCOC(=O)CC(C)=Nc1cnn(-c2ccccc2)c1. The van der Waals surface area contributed by atoms with Gasteiger partial charge in [0.2, 0.25) is 0 Å². The van der Waals surface area contributed by atoms with E-state index < -0.39 is 0 Å². The summed E-state index contributed by atoms with van der Waals surface area (Å²) in [6.45, 7) is 3.98. The summed E-state index contributed by atoms with van der Waals surface area (Å²) in [6.07, 6.45) is 3.69. The molecule has 0 saturated carbocycles. The van der Waals surface area contributed by atoms with Gasteiger partial charge in [-0.1, -0.05) is 18.2 Å². The van der Waals surface area contributed by atoms with Crippen molar-refractivity contribution >= 4 is 17.4 Å². The van der Waals surface area contributed by atoms with Crippen LogP contribution in [0.25, 0.3) is 5.69 Å². The quantitative estimate of drug-likeness (QED) is 0.620. The lowest BCUT2D eigenvalue weighted by molar-refractivity contribution is -0.141. The minimum absolute atomic E-state index is 0.199. The molecule has 0 unspecified atom stereocenters. The Morgan fingerprint density at radius 1 is 1.35 bits per heavy atom. The highest BCUT2D eigenvalue weighted by Crippen LogP contribution is 2.14. The zero-order valence-electron chi connectivity index (χ0n) is 11.6. The largest absolute Gasteiger partial charge is 0.466 e. The molecule has 2 rings (SSSR count). The van der Waals surface area contributed by atoms with Crippen molar-refractivity contribution in [3.8, 4) is 5.69 Å². The van der Waals surface area contributed by atoms with E-state index in [0.717, 1.165) is 11.4 Å². The van der Waals surface area contributed by atoms with E-state index in [2.05, 4.69) is 10.1 Å². The third-order valence-corrected chi connectivity index (χ3v) is 2.62. The fourth-order valence-corrected chi connectivity index (χ4v) is 1.77. The molecule has 1 aromatic carbocycles. The predicted octanol–water partition coefficient (Wildman–Crippen LogP) is 2.92. The van der Waals surface area contributed by atoms with Gasteiger partial charge in [-0.2, -0.15) is 5.10 Å². The number of carbonyl (C=O) groups is 1. The predicted molar refractivity (Wildman–Crippen MR) is 77.6 cm³/mol. The molecule has 5 heteroatoms. The number of benzene rings is 1. The minimum Gasteiger partial charge on any atom is -0.466 e. The van der Waals surface area contributed by atoms with Crippen molar-refractivity contribution in [2.75, 3.05) is 6.61 Å². The van der Waals surface area contributed by atoms with Gasteiger partial charge >= 0.3 is 5.97 Å². The number of esters is 1. The van der Waals surface area contributed by atoms with Crippen LogP contribution in [0.5, 0.6) is 0 Å². The van der Waals surface area contributed by atoms with Crippen molar-refractivity contribution in [1.29, 1.82) is 0 Å². The van der Waals surface area contributed by atoms with Gasteiger partial charge < -0.3 is 4.74 Å². The summed E-state index contributed by atoms with van der Waals surface area (Å²) in [7, 11) is 0. The number of hydrogen-bond donors (Lipinski definition) is 0. The third kappa shape index (κ3) is 3.78. The summed E-state index contributed by atoms with van der Waals surface area (Å²) in [5.41, 5.74) is 2.39. The normalized spacial score (nSPS) is 11.4. The summed E-state index contributed by atoms with van der Waals surface area (Å²) in [5, 5.41) is 4.25. The smallest absolute Gasteiger partial charge is 0.311 e. The highest BCUT2D eigenvalue weighted by Gasteiger charge is 2.05. The van der Waals surface area contributed by atoms with E-state index in [-0.39, 0.29) is 12.4 Å². The van der Waals surface area contributed by atoms with Crippen LogP contribution in [0, 0.1) is 0 Å². The maximum absolute atomic E-state index is 11.3. The molecule has 1 heterocycles. The van der Waals surface area contributed by atoms with E-state index in [1.807, 2.05) is 36.5 Å². The summed E-state index contributed by atoms with van der Waals surface area (Å²) >= 11 is 0. The number of ether oxygens (including phenoxy) is 1. The van der Waals surface area contributed by atoms with Crippen molar-refractivity contribution in [2.24, 2.45) is 4.99 Å². The first-order chi connectivity index (χ1) is 9.69. The van der Waals surface area contributed by atoms with Gasteiger partial charge in [0.25, 0.3) is 0 Å². The van der Waals surface area contributed by atoms with E-state index >= 15 is 0 Å². The van der Waals surface area contributed by atoms with Crippen molar-refractivity contribution in [3.63, 3.8) is 0 Å². The molecule has 5 nitrogen and oxygen atoms in total. The molecule has 0 N–H and O–H groups in total. The first kappa shape index (κ1) is 14.0. The second-order valence-electron chi connectivity index (χ2n) is 4.31. The molecular formula is C15H17N3O2. The molecule has 0 aliphatic rings. The van der Waals surface area contributed by atoms with Crippen LogP contribution in [0.3, 0.4) is 0 Å². The van der Waals surface area contributed by atoms with Gasteiger partial charge in [-0.15, -0.1) is 0 Å². The van der Waals surface area contributed by atoms with Crippen molar-refractivity contribution < 1.29 is 9.53 Å². The molecule has 2 aromatic rings. The first-order valence-electron chi connectivity index (χ1n) is 6.49. The maximum atomic E-state index is 11.3. The summed E-state index contributed by atoms with van der Waals surface area (Å²) in [4.78, 5) is 15.7. The van der Waals surface area contributed by atoms with E-state index in [0.29, 0.717) is 12.3 Å². The Bertz CT molecular complexity index is 603. The van der Waals surface area contributed by atoms with Gasteiger partial charge in [0.15, 0.2) is 0 Å². The van der Waals surface area contributed by atoms with Gasteiger partial charge in [-0.3, -0.25) is 9.79 Å². The highest BCUT2D eigenvalue weighted by atomic mass is 16.5. The Morgan fingerprint density at radius 3 is 2.80 bits per heavy atom. The average Bonchev–Trinajstić information content (AvgIpc) is 2.88. The van der Waals surface area contributed by atoms with E-state index in [9.17, 15) is 4.79 Å². The maximum Gasteiger partial charge on any atom is 0.311 e. The molecule has 20 heavy (non-hydrogen) atoms. The molecule has 0 saturated heterocycles. The number of nitrogens with zero attached hydrogens (tertiary/aromatic N) is 3. The monoisotopic (exact) mass is 271 g/mol. The molecule has 0 amide bonds. The topological polar surface area (TPSA) is 56.5 Å². The van der Waals surface area contributed by atoms with Crippen LogP contribution in [0.15, 0.2) is 47.7 Å². The van der Waals surface area contributed by atoms with Crippen LogP contribution < -0.4 is 0 Å². The highest BCUT2D eigenvalue weighted by molar-refractivity contribution is 5.98. The van der Waals surface area contributed by atoms with Crippen LogP contribution in [0.2, 0.25) is 0 Å². The Hall–Kier alpha value is -2.43. The van der Waals surface area contributed by atoms with Crippen LogP contribution >= 0.6 is 0 Å². The number of para-hydroxylation sites is 1. The number of aromatic nitrogens is 2. The molecule has 0 aliphatic heterocycles. The lowest BCUT2D eigenvalue weighted by Crippen LogP contribution is -2.08. The number of rotatable bonds is 5. The molecule has 104 valence electrons. The molecule has 0 bridgehead atoms. The van der Waals surface area contributed by atoms with Gasteiger partial charge in [0.1, 0.15) is 5.69 Å². The zero-order chi connectivity index (χ0) is 14.4. The summed E-state index contributed by atoms with van der Waals surface area (Å²) in [5.74, 6) is -0.260. The van der Waals surface area contributed by atoms with Gasteiger partial charge in [0, 0.05) is 5.71 Å². The third-order valence-electron chi connectivity index (χ3n) is 2.62. The van der Waals surface area contributed by atoms with Crippen LogP contribution in [0.1, 0.15) is 20.3 Å². The molecule has 0 atom stereocenters. The lowest BCUT2D eigenvalue weighted by atomic mass is 10.3. The summed E-state index contributed by atoms with van der Waals surface area (Å²) < 4.78 is 6.63. The van der Waals surface area contributed by atoms with Crippen LogP contribution in [0.4, 0.5) is 5.69 Å². The van der Waals surface area contributed by atoms with Crippen LogP contribution in [-0.4, -0.2) is 28.1 Å². The minimum atomic E-state index is -0.260. The Balaban J connectivity index is 2.07. The lowest BCUT2D eigenvalue weighted by Gasteiger charge is -2.00. The fraction of sp³-hybridized carbons (Fsp3) is 0.267. The standard InChI is InChI=1S/C15H17N3O2/c1-3-20-15(19)9-12(2)17-13-10-16-18(11-13)14-7-5-4-6-8-14/h4-8,10-11H,3,9H2,1-2H3. The molecule has 0 spiro atoms. The van der Waals surface area contributed by atoms with E-state index in [1.165, 1.54) is 0 Å². The fourth-order valence-electron chi connectivity index (χ4n) is 1.77. The molecule has 0 aliphatic carbocycles. The van der Waals surface area contributed by atoms with Gasteiger partial charge in [-0.25, -0.2) is 4.68 Å². The summed E-state index contributed by atoms with van der Waals surface area (Å²) in [6, 6.07) is 9.78. The molecule has 0 radical (unpaired) electrons. The van der Waals surface area contributed by atoms with Crippen molar-refractivity contribution in [1.82, 2.24) is 9.78 Å². The number of hydrogen-bond acceptors (Lipinski definition) is 4. The Labute approximate surface area is 117 Å². The second-order valence-corrected chi connectivity index (χ2v) is 4.31. The van der Waals surface area contributed by atoms with E-state index in [1.54, 1.807) is 24.7 Å². The van der Waals surface area contributed by atoms with Crippen LogP contribution in [-0.2, 0) is 9.53 Å². The molecule has 0 fully saturated rings. The second kappa shape index (κ2) is 6.65. The van der Waals surface area contributed by atoms with Crippen molar-refractivity contribution in [2.45, 2.75) is 20.3 Å². The van der Waals surface area contributed by atoms with Gasteiger partial charge in [-0.05, 0) is 26.0 Å². The van der Waals surface area contributed by atoms with Gasteiger partial charge in [0.05, 0.1) is 31.1 Å². The Kier molecular flexibility index (Phi) is 4.65.